The second-order valence-corrected chi connectivity index (χ2v) is 4.86. The fourth-order valence-electron chi connectivity index (χ4n) is 2.08. The molecule has 0 aliphatic heterocycles. The second-order valence-electron chi connectivity index (χ2n) is 4.86. The van der Waals surface area contributed by atoms with Crippen LogP contribution in [-0.4, -0.2) is 33.2 Å². The van der Waals surface area contributed by atoms with Crippen LogP contribution in [0.15, 0.2) is 30.5 Å². The molecular weight excluding hydrogens is 270 g/mol. The molecule has 0 unspecified atom stereocenters. The molecule has 1 aromatic carbocycles. The number of methoxy groups -OCH3 is 1. The van der Waals surface area contributed by atoms with Crippen LogP contribution in [0, 0.1) is 0 Å². The summed E-state index contributed by atoms with van der Waals surface area (Å²) < 4.78 is 6.84. The van der Waals surface area contributed by atoms with Crippen LogP contribution in [0.4, 0.5) is 0 Å². The number of aliphatic carboxylic acids is 1. The van der Waals surface area contributed by atoms with E-state index >= 15 is 0 Å². The Bertz CT molecular complexity index is 595. The lowest BCUT2D eigenvalue weighted by atomic mass is 10.1. The third-order valence-corrected chi connectivity index (χ3v) is 3.10. The van der Waals surface area contributed by atoms with Gasteiger partial charge in [-0.1, -0.05) is 17.3 Å². The molecule has 0 bridgehead atoms. The van der Waals surface area contributed by atoms with E-state index in [1.165, 1.54) is 0 Å². The summed E-state index contributed by atoms with van der Waals surface area (Å²) in [6.07, 6.45) is 4.28. The highest BCUT2D eigenvalue weighted by atomic mass is 16.5. The minimum Gasteiger partial charge on any atom is -0.481 e. The van der Waals surface area contributed by atoms with Gasteiger partial charge in [-0.3, -0.25) is 4.79 Å². The zero-order valence-electron chi connectivity index (χ0n) is 12.0. The molecule has 1 aromatic heterocycles. The van der Waals surface area contributed by atoms with E-state index in [0.717, 1.165) is 29.8 Å². The molecule has 6 nitrogen and oxygen atoms in total. The molecule has 0 radical (unpaired) electrons. The highest BCUT2D eigenvalue weighted by Gasteiger charge is 2.04. The normalized spacial score (nSPS) is 10.7. The number of aromatic nitrogens is 3. The van der Waals surface area contributed by atoms with E-state index in [1.54, 1.807) is 11.8 Å². The molecule has 21 heavy (non-hydrogen) atoms. The minimum atomic E-state index is -0.756. The molecule has 6 heteroatoms. The minimum absolute atomic E-state index is 0.202. The predicted molar refractivity (Wildman–Crippen MR) is 77.3 cm³/mol. The highest BCUT2D eigenvalue weighted by Crippen LogP contribution is 2.12. The molecule has 0 aliphatic rings. The van der Waals surface area contributed by atoms with Crippen molar-refractivity contribution < 1.29 is 14.6 Å². The maximum Gasteiger partial charge on any atom is 0.303 e. The topological polar surface area (TPSA) is 77.2 Å². The van der Waals surface area contributed by atoms with Gasteiger partial charge >= 0.3 is 5.97 Å². The van der Waals surface area contributed by atoms with E-state index in [1.807, 2.05) is 30.5 Å². The Balaban J connectivity index is 1.96. The van der Waals surface area contributed by atoms with Crippen molar-refractivity contribution in [2.24, 2.45) is 0 Å². The van der Waals surface area contributed by atoms with Crippen molar-refractivity contribution in [2.75, 3.05) is 7.11 Å². The molecular formula is C15H19N3O3. The van der Waals surface area contributed by atoms with Gasteiger partial charge in [0.2, 0.25) is 0 Å². The van der Waals surface area contributed by atoms with E-state index < -0.39 is 5.97 Å². The van der Waals surface area contributed by atoms with Gasteiger partial charge in [0.05, 0.1) is 24.2 Å². The summed E-state index contributed by atoms with van der Waals surface area (Å²) in [4.78, 5) is 10.4. The van der Waals surface area contributed by atoms with Crippen molar-refractivity contribution in [3.63, 3.8) is 0 Å². The first kappa shape index (κ1) is 15.2. The Hall–Kier alpha value is -2.21. The number of unbranched alkanes of at least 4 members (excludes halogenated alkanes) is 1. The summed E-state index contributed by atoms with van der Waals surface area (Å²) in [7, 11) is 1.66. The zero-order valence-corrected chi connectivity index (χ0v) is 12.0. The van der Waals surface area contributed by atoms with Crippen molar-refractivity contribution in [1.82, 2.24) is 15.0 Å². The van der Waals surface area contributed by atoms with Crippen molar-refractivity contribution in [2.45, 2.75) is 32.3 Å². The van der Waals surface area contributed by atoms with Crippen LogP contribution >= 0.6 is 0 Å². The SMILES string of the molecule is COCc1cccc(-n2cc(CCCCC(=O)O)nn2)c1. The largest absolute Gasteiger partial charge is 0.481 e. The summed E-state index contributed by atoms with van der Waals surface area (Å²) in [6.45, 7) is 0.560. The number of aryl methyl sites for hydroxylation is 1. The number of hydrogen-bond donors (Lipinski definition) is 1. The van der Waals surface area contributed by atoms with Crippen molar-refractivity contribution in [1.29, 1.82) is 0 Å². The molecule has 0 saturated heterocycles. The monoisotopic (exact) mass is 289 g/mol. The van der Waals surface area contributed by atoms with Crippen LogP contribution in [-0.2, 0) is 22.6 Å². The first-order valence-electron chi connectivity index (χ1n) is 6.90. The number of hydrogen-bond acceptors (Lipinski definition) is 4. The number of carbonyl (C=O) groups is 1. The molecule has 2 rings (SSSR count). The molecule has 0 amide bonds. The fourth-order valence-corrected chi connectivity index (χ4v) is 2.08. The van der Waals surface area contributed by atoms with Gasteiger partial charge in [-0.2, -0.15) is 0 Å². The maximum atomic E-state index is 10.4. The Morgan fingerprint density at radius 3 is 3.00 bits per heavy atom. The second kappa shape index (κ2) is 7.54. The average Bonchev–Trinajstić information content (AvgIpc) is 2.93. The molecule has 0 fully saturated rings. The number of carboxylic acids is 1. The quantitative estimate of drug-likeness (QED) is 0.754. The van der Waals surface area contributed by atoms with Gasteiger partial charge in [-0.05, 0) is 37.0 Å². The lowest BCUT2D eigenvalue weighted by Gasteiger charge is -2.03. The Morgan fingerprint density at radius 2 is 2.24 bits per heavy atom. The lowest BCUT2D eigenvalue weighted by molar-refractivity contribution is -0.137. The van der Waals surface area contributed by atoms with Gasteiger partial charge in [0.25, 0.3) is 0 Å². The number of benzene rings is 1. The third kappa shape index (κ3) is 4.68. The first-order valence-corrected chi connectivity index (χ1v) is 6.90. The molecule has 1 N–H and O–H groups in total. The molecule has 0 atom stereocenters. The number of carboxylic acid groups (broad SMARTS) is 1. The summed E-state index contributed by atoms with van der Waals surface area (Å²) in [5.74, 6) is -0.756. The molecule has 0 saturated carbocycles. The van der Waals surface area contributed by atoms with Gasteiger partial charge in [-0.15, -0.1) is 5.10 Å². The molecule has 0 aliphatic carbocycles. The molecule has 112 valence electrons. The van der Waals surface area contributed by atoms with Crippen molar-refractivity contribution >= 4 is 5.97 Å². The van der Waals surface area contributed by atoms with Crippen molar-refractivity contribution in [3.05, 3.63) is 41.7 Å². The number of nitrogens with zero attached hydrogens (tertiary/aromatic N) is 3. The highest BCUT2D eigenvalue weighted by molar-refractivity contribution is 5.66. The predicted octanol–water partition coefficient (Wildman–Crippen LogP) is 2.21. The van der Waals surface area contributed by atoms with Crippen LogP contribution < -0.4 is 0 Å². The van der Waals surface area contributed by atoms with E-state index in [9.17, 15) is 4.79 Å². The average molecular weight is 289 g/mol. The molecule has 0 spiro atoms. The summed E-state index contributed by atoms with van der Waals surface area (Å²) in [5, 5.41) is 16.8. The smallest absolute Gasteiger partial charge is 0.303 e. The van der Waals surface area contributed by atoms with Crippen LogP contribution in [0.5, 0.6) is 0 Å². The first-order chi connectivity index (χ1) is 10.2. The van der Waals surface area contributed by atoms with Gasteiger partial charge < -0.3 is 9.84 Å². The maximum absolute atomic E-state index is 10.4. The molecule has 2 aromatic rings. The van der Waals surface area contributed by atoms with Crippen LogP contribution in [0.3, 0.4) is 0 Å². The van der Waals surface area contributed by atoms with Crippen LogP contribution in [0.1, 0.15) is 30.5 Å². The lowest BCUT2D eigenvalue weighted by Crippen LogP contribution is -1.96. The summed E-state index contributed by atoms with van der Waals surface area (Å²) >= 11 is 0. The Morgan fingerprint density at radius 1 is 1.38 bits per heavy atom. The van der Waals surface area contributed by atoms with Gasteiger partial charge in [0, 0.05) is 13.5 Å². The van der Waals surface area contributed by atoms with E-state index in [4.69, 9.17) is 9.84 Å². The van der Waals surface area contributed by atoms with Gasteiger partial charge in [-0.25, -0.2) is 4.68 Å². The Labute approximate surface area is 123 Å². The van der Waals surface area contributed by atoms with E-state index in [2.05, 4.69) is 10.3 Å². The van der Waals surface area contributed by atoms with Gasteiger partial charge in [0.1, 0.15) is 0 Å². The van der Waals surface area contributed by atoms with Crippen LogP contribution in [0.25, 0.3) is 5.69 Å². The Kier molecular flexibility index (Phi) is 5.45. The summed E-state index contributed by atoms with van der Waals surface area (Å²) in [6, 6.07) is 7.92. The summed E-state index contributed by atoms with van der Waals surface area (Å²) in [5.41, 5.74) is 2.89. The standard InChI is InChI=1S/C15H19N3O3/c1-21-11-12-5-4-7-14(9-12)18-10-13(16-17-18)6-2-3-8-15(19)20/h4-5,7,9-10H,2-3,6,8,11H2,1H3,(H,19,20). The van der Waals surface area contributed by atoms with E-state index in [-0.39, 0.29) is 6.42 Å². The fraction of sp³-hybridized carbons (Fsp3) is 0.400. The van der Waals surface area contributed by atoms with Gasteiger partial charge in [0.15, 0.2) is 0 Å². The molecule has 1 heterocycles. The number of rotatable bonds is 8. The number of ether oxygens (including phenoxy) is 1. The van der Waals surface area contributed by atoms with E-state index in [0.29, 0.717) is 13.0 Å². The zero-order chi connectivity index (χ0) is 15.1. The third-order valence-electron chi connectivity index (χ3n) is 3.10. The van der Waals surface area contributed by atoms with Crippen molar-refractivity contribution in [3.8, 4) is 5.69 Å². The van der Waals surface area contributed by atoms with Crippen LogP contribution in [0.2, 0.25) is 0 Å².